The number of nitrogens with one attached hydrogen (secondary N) is 2. The van der Waals surface area contributed by atoms with E-state index in [1.807, 2.05) is 24.3 Å². The molecule has 0 atom stereocenters. The Balaban J connectivity index is 1.54. The molecule has 4 aromatic carbocycles. The molecule has 0 radical (unpaired) electrons. The molecule has 35 heavy (non-hydrogen) atoms. The maximum Gasteiger partial charge on any atom is 0.343 e. The number of hydrazone groups is 1. The average molecular weight is 506 g/mol. The zero-order valence-electron chi connectivity index (χ0n) is 18.0. The molecule has 0 spiro atoms. The number of para-hydroxylation sites is 1. The van der Waals surface area contributed by atoms with Gasteiger partial charge in [-0.15, -0.1) is 0 Å². The van der Waals surface area contributed by atoms with Crippen molar-refractivity contribution in [1.82, 2.24) is 5.43 Å². The maximum absolute atomic E-state index is 12.6. The van der Waals surface area contributed by atoms with Crippen LogP contribution in [0.2, 0.25) is 10.0 Å². The minimum atomic E-state index is -0.999. The van der Waals surface area contributed by atoms with E-state index in [2.05, 4.69) is 15.8 Å². The normalized spacial score (nSPS) is 10.8. The van der Waals surface area contributed by atoms with Gasteiger partial charge in [0, 0.05) is 10.6 Å². The first-order valence-corrected chi connectivity index (χ1v) is 11.1. The zero-order chi connectivity index (χ0) is 24.8. The van der Waals surface area contributed by atoms with Gasteiger partial charge >= 0.3 is 17.8 Å². The molecule has 0 aliphatic rings. The predicted octanol–water partition coefficient (Wildman–Crippen LogP) is 5.45. The maximum atomic E-state index is 12.6. The summed E-state index contributed by atoms with van der Waals surface area (Å²) in [5, 5.41) is 8.69. The van der Waals surface area contributed by atoms with Gasteiger partial charge in [-0.05, 0) is 53.2 Å². The quantitative estimate of drug-likeness (QED) is 0.124. The summed E-state index contributed by atoms with van der Waals surface area (Å²) in [6.07, 6.45) is 1.31. The number of carbonyl (C=O) groups excluding carboxylic acids is 3. The molecular weight excluding hydrogens is 489 g/mol. The molecule has 0 aromatic heterocycles. The van der Waals surface area contributed by atoms with Crippen molar-refractivity contribution in [2.75, 3.05) is 5.32 Å². The van der Waals surface area contributed by atoms with Crippen LogP contribution in [-0.2, 0) is 9.59 Å². The number of fused-ring (bicyclic) bond motifs is 1. The number of carbonyl (C=O) groups is 3. The SMILES string of the molecule is O=C(N/N=C\c1c(OC(=O)c2ccc(Cl)cc2)ccc2ccccc12)C(=O)Nc1ccccc1Cl. The van der Waals surface area contributed by atoms with Crippen LogP contribution in [-0.4, -0.2) is 24.0 Å². The molecule has 9 heteroatoms. The number of hydrogen-bond acceptors (Lipinski definition) is 5. The van der Waals surface area contributed by atoms with Crippen molar-refractivity contribution < 1.29 is 19.1 Å². The standard InChI is InChI=1S/C26H17Cl2N3O4/c27-18-12-9-17(10-13-18)26(34)35-23-14-11-16-5-1-2-6-19(16)20(23)15-29-31-25(33)24(32)30-22-8-4-3-7-21(22)28/h1-15H,(H,30,32)(H,31,33)/b29-15-. The summed E-state index contributed by atoms with van der Waals surface area (Å²) in [5.41, 5.74) is 3.23. The van der Waals surface area contributed by atoms with Crippen LogP contribution >= 0.6 is 23.2 Å². The van der Waals surface area contributed by atoms with Gasteiger partial charge in [-0.25, -0.2) is 10.2 Å². The first kappa shape index (κ1) is 23.9. The topological polar surface area (TPSA) is 96.9 Å². The Bertz CT molecular complexity index is 1450. The number of amides is 2. The molecule has 0 unspecified atom stereocenters. The fourth-order valence-corrected chi connectivity index (χ4v) is 3.50. The molecule has 0 fully saturated rings. The van der Waals surface area contributed by atoms with Crippen LogP contribution < -0.4 is 15.5 Å². The Morgan fingerprint density at radius 2 is 1.51 bits per heavy atom. The monoisotopic (exact) mass is 505 g/mol. The summed E-state index contributed by atoms with van der Waals surface area (Å²) in [7, 11) is 0. The molecule has 4 rings (SSSR count). The molecule has 0 saturated carbocycles. The second-order valence-electron chi connectivity index (χ2n) is 7.23. The van der Waals surface area contributed by atoms with E-state index in [1.54, 1.807) is 60.7 Å². The molecule has 174 valence electrons. The van der Waals surface area contributed by atoms with Crippen LogP contribution in [0, 0.1) is 0 Å². The zero-order valence-corrected chi connectivity index (χ0v) is 19.5. The number of anilines is 1. The highest BCUT2D eigenvalue weighted by Gasteiger charge is 2.16. The molecule has 0 heterocycles. The third kappa shape index (κ3) is 5.84. The van der Waals surface area contributed by atoms with Crippen LogP contribution in [0.3, 0.4) is 0 Å². The third-order valence-corrected chi connectivity index (χ3v) is 5.48. The summed E-state index contributed by atoms with van der Waals surface area (Å²) in [4.78, 5) is 37.0. The second kappa shape index (κ2) is 10.8. The van der Waals surface area contributed by atoms with Gasteiger partial charge in [0.05, 0.1) is 22.5 Å². The van der Waals surface area contributed by atoms with Gasteiger partial charge in [-0.2, -0.15) is 5.10 Å². The number of rotatable bonds is 5. The van der Waals surface area contributed by atoms with E-state index in [0.29, 0.717) is 26.9 Å². The highest BCUT2D eigenvalue weighted by atomic mass is 35.5. The van der Waals surface area contributed by atoms with Crippen molar-refractivity contribution in [3.8, 4) is 5.75 Å². The number of esters is 1. The minimum Gasteiger partial charge on any atom is -0.422 e. The van der Waals surface area contributed by atoms with Crippen LogP contribution in [0.15, 0.2) is 90.0 Å². The highest BCUT2D eigenvalue weighted by molar-refractivity contribution is 6.41. The molecule has 2 N–H and O–H groups in total. The fourth-order valence-electron chi connectivity index (χ4n) is 3.19. The van der Waals surface area contributed by atoms with Gasteiger partial charge in [0.1, 0.15) is 5.75 Å². The molecule has 2 amide bonds. The average Bonchev–Trinajstić information content (AvgIpc) is 2.86. The third-order valence-electron chi connectivity index (χ3n) is 4.90. The number of hydrogen-bond donors (Lipinski definition) is 2. The van der Waals surface area contributed by atoms with Crippen molar-refractivity contribution >= 4 is 63.7 Å². The van der Waals surface area contributed by atoms with Crippen molar-refractivity contribution in [3.63, 3.8) is 0 Å². The first-order valence-electron chi connectivity index (χ1n) is 10.3. The van der Waals surface area contributed by atoms with Gasteiger partial charge in [0.2, 0.25) is 0 Å². The largest absolute Gasteiger partial charge is 0.422 e. The lowest BCUT2D eigenvalue weighted by atomic mass is 10.0. The Morgan fingerprint density at radius 3 is 2.29 bits per heavy atom. The second-order valence-corrected chi connectivity index (χ2v) is 8.07. The van der Waals surface area contributed by atoms with E-state index in [0.717, 1.165) is 10.8 Å². The summed E-state index contributed by atoms with van der Waals surface area (Å²) in [6.45, 7) is 0. The van der Waals surface area contributed by atoms with Gasteiger partial charge < -0.3 is 10.1 Å². The van der Waals surface area contributed by atoms with E-state index >= 15 is 0 Å². The first-order chi connectivity index (χ1) is 16.9. The van der Waals surface area contributed by atoms with E-state index in [-0.39, 0.29) is 5.75 Å². The lowest BCUT2D eigenvalue weighted by Gasteiger charge is -2.11. The van der Waals surface area contributed by atoms with Crippen molar-refractivity contribution in [2.24, 2.45) is 5.10 Å². The van der Waals surface area contributed by atoms with Gasteiger partial charge in [0.15, 0.2) is 0 Å². The fraction of sp³-hybridized carbons (Fsp3) is 0. The van der Waals surface area contributed by atoms with E-state index in [9.17, 15) is 14.4 Å². The van der Waals surface area contributed by atoms with E-state index < -0.39 is 17.8 Å². The molecule has 7 nitrogen and oxygen atoms in total. The Morgan fingerprint density at radius 1 is 0.800 bits per heavy atom. The highest BCUT2D eigenvalue weighted by Crippen LogP contribution is 2.27. The molecule has 0 aliphatic heterocycles. The summed E-state index contributed by atoms with van der Waals surface area (Å²) >= 11 is 11.9. The van der Waals surface area contributed by atoms with Gasteiger partial charge in [0.25, 0.3) is 0 Å². The van der Waals surface area contributed by atoms with Crippen molar-refractivity contribution in [1.29, 1.82) is 0 Å². The van der Waals surface area contributed by atoms with Gasteiger partial charge in [-0.3, -0.25) is 9.59 Å². The number of halogens is 2. The van der Waals surface area contributed by atoms with Crippen LogP contribution in [0.5, 0.6) is 5.75 Å². The number of benzene rings is 4. The van der Waals surface area contributed by atoms with E-state index in [4.69, 9.17) is 27.9 Å². The van der Waals surface area contributed by atoms with Crippen molar-refractivity contribution in [3.05, 3.63) is 106 Å². The Hall–Kier alpha value is -4.20. The minimum absolute atomic E-state index is 0.224. The van der Waals surface area contributed by atoms with Crippen LogP contribution in [0.25, 0.3) is 10.8 Å². The predicted molar refractivity (Wildman–Crippen MR) is 136 cm³/mol. The summed E-state index contributed by atoms with van der Waals surface area (Å²) < 4.78 is 5.60. The summed E-state index contributed by atoms with van der Waals surface area (Å²) in [5.74, 6) is -2.31. The number of nitrogens with zero attached hydrogens (tertiary/aromatic N) is 1. The Labute approximate surface area is 210 Å². The lowest BCUT2D eigenvalue weighted by Crippen LogP contribution is -2.32. The molecule has 0 aliphatic carbocycles. The molecular formula is C26H17Cl2N3O4. The van der Waals surface area contributed by atoms with Crippen LogP contribution in [0.4, 0.5) is 5.69 Å². The van der Waals surface area contributed by atoms with E-state index in [1.165, 1.54) is 6.21 Å². The molecule has 0 saturated heterocycles. The van der Waals surface area contributed by atoms with Gasteiger partial charge in [-0.1, -0.05) is 65.7 Å². The summed E-state index contributed by atoms with van der Waals surface area (Å²) in [6, 6.07) is 23.6. The van der Waals surface area contributed by atoms with Crippen molar-refractivity contribution in [2.45, 2.75) is 0 Å². The van der Waals surface area contributed by atoms with Crippen LogP contribution in [0.1, 0.15) is 15.9 Å². The number of ether oxygens (including phenoxy) is 1. The smallest absolute Gasteiger partial charge is 0.343 e. The Kier molecular flexibility index (Phi) is 7.40. The molecule has 4 aromatic rings. The molecule has 0 bridgehead atoms. The lowest BCUT2D eigenvalue weighted by molar-refractivity contribution is -0.136.